The van der Waals surface area contributed by atoms with Gasteiger partial charge in [-0.15, -0.1) is 5.11 Å². The van der Waals surface area contributed by atoms with Gasteiger partial charge in [0.15, 0.2) is 6.61 Å². The monoisotopic (exact) mass is 417 g/mol. The fraction of sp³-hybridized carbons (Fsp3) is 0.167. The van der Waals surface area contributed by atoms with Gasteiger partial charge < -0.3 is 15.2 Å². The molecule has 0 aliphatic heterocycles. The van der Waals surface area contributed by atoms with Crippen molar-refractivity contribution in [2.24, 2.45) is 10.2 Å². The van der Waals surface area contributed by atoms with E-state index in [0.29, 0.717) is 11.4 Å². The summed E-state index contributed by atoms with van der Waals surface area (Å²) in [5, 5.41) is 20.3. The van der Waals surface area contributed by atoms with Gasteiger partial charge in [0.25, 0.3) is 5.91 Å². The van der Waals surface area contributed by atoms with Crippen LogP contribution in [0.2, 0.25) is 0 Å². The van der Waals surface area contributed by atoms with E-state index in [1.807, 2.05) is 32.0 Å². The predicted octanol–water partition coefficient (Wildman–Crippen LogP) is 5.47. The Labute approximate surface area is 180 Å². The molecule has 3 rings (SSSR count). The second-order valence-corrected chi connectivity index (χ2v) is 6.82. The van der Waals surface area contributed by atoms with Crippen LogP contribution in [0.5, 0.6) is 5.75 Å². The van der Waals surface area contributed by atoms with Gasteiger partial charge in [-0.25, -0.2) is 4.79 Å². The highest BCUT2D eigenvalue weighted by atomic mass is 16.5. The number of carbonyl (C=O) groups excluding carboxylic acids is 2. The molecule has 0 spiro atoms. The van der Waals surface area contributed by atoms with E-state index < -0.39 is 18.5 Å². The van der Waals surface area contributed by atoms with Crippen molar-refractivity contribution < 1.29 is 19.4 Å². The van der Waals surface area contributed by atoms with Crippen LogP contribution in [0, 0.1) is 6.92 Å². The minimum Gasteiger partial charge on any atom is -0.508 e. The van der Waals surface area contributed by atoms with Crippen LogP contribution >= 0.6 is 0 Å². The molecular formula is C24H23N3O4. The van der Waals surface area contributed by atoms with Crippen LogP contribution in [-0.2, 0) is 16.0 Å². The van der Waals surface area contributed by atoms with Gasteiger partial charge in [0, 0.05) is 5.69 Å². The molecular weight excluding hydrogens is 394 g/mol. The molecule has 0 radical (unpaired) electrons. The molecule has 0 bridgehead atoms. The summed E-state index contributed by atoms with van der Waals surface area (Å²) in [7, 11) is 0. The quantitative estimate of drug-likeness (QED) is 0.393. The van der Waals surface area contributed by atoms with Crippen molar-refractivity contribution >= 4 is 28.9 Å². The van der Waals surface area contributed by atoms with Gasteiger partial charge in [-0.3, -0.25) is 4.79 Å². The average Bonchev–Trinajstić information content (AvgIpc) is 2.78. The molecule has 0 saturated carbocycles. The van der Waals surface area contributed by atoms with Crippen LogP contribution < -0.4 is 5.32 Å². The molecule has 7 nitrogen and oxygen atoms in total. The molecule has 0 unspecified atom stereocenters. The van der Waals surface area contributed by atoms with Crippen molar-refractivity contribution in [3.05, 3.63) is 83.4 Å². The molecule has 158 valence electrons. The standard InChI is InChI=1S/C24H23N3O4/c1-3-17-8-6-7-16(2)23(17)25-22(29)15-31-24(30)20-9-4-5-10-21(20)27-26-18-11-13-19(28)14-12-18/h4-14,28H,3,15H2,1-2H3,(H,25,29). The number of aryl methyl sites for hydroxylation is 2. The van der Waals surface area contributed by atoms with E-state index in [2.05, 4.69) is 15.5 Å². The van der Waals surface area contributed by atoms with E-state index in [-0.39, 0.29) is 11.3 Å². The number of hydrogen-bond donors (Lipinski definition) is 2. The Hall–Kier alpha value is -4.00. The molecule has 3 aromatic carbocycles. The molecule has 0 aliphatic carbocycles. The summed E-state index contributed by atoms with van der Waals surface area (Å²) in [5.41, 5.74) is 3.73. The van der Waals surface area contributed by atoms with Gasteiger partial charge in [-0.2, -0.15) is 5.11 Å². The Kier molecular flexibility index (Phi) is 7.11. The first-order valence-corrected chi connectivity index (χ1v) is 9.83. The number of phenols is 1. The third kappa shape index (κ3) is 5.76. The van der Waals surface area contributed by atoms with Crippen molar-refractivity contribution in [2.45, 2.75) is 20.3 Å². The van der Waals surface area contributed by atoms with E-state index in [4.69, 9.17) is 4.74 Å². The first kappa shape index (κ1) is 21.7. The zero-order chi connectivity index (χ0) is 22.2. The Balaban J connectivity index is 1.66. The van der Waals surface area contributed by atoms with Gasteiger partial charge in [0.2, 0.25) is 0 Å². The van der Waals surface area contributed by atoms with Gasteiger partial charge in [-0.1, -0.05) is 37.3 Å². The third-order valence-corrected chi connectivity index (χ3v) is 4.59. The van der Waals surface area contributed by atoms with Gasteiger partial charge in [0.1, 0.15) is 11.4 Å². The number of aromatic hydroxyl groups is 1. The lowest BCUT2D eigenvalue weighted by atomic mass is 10.1. The molecule has 0 aliphatic rings. The zero-order valence-electron chi connectivity index (χ0n) is 17.3. The normalized spacial score (nSPS) is 10.8. The van der Waals surface area contributed by atoms with Gasteiger partial charge in [-0.05, 0) is 60.9 Å². The van der Waals surface area contributed by atoms with Crippen LogP contribution in [-0.4, -0.2) is 23.6 Å². The minimum atomic E-state index is -0.670. The Morgan fingerprint density at radius 2 is 1.71 bits per heavy atom. The van der Waals surface area contributed by atoms with Crippen molar-refractivity contribution in [1.29, 1.82) is 0 Å². The van der Waals surface area contributed by atoms with Crippen molar-refractivity contribution in [1.82, 2.24) is 0 Å². The number of nitrogens with one attached hydrogen (secondary N) is 1. The van der Waals surface area contributed by atoms with Crippen LogP contribution in [0.15, 0.2) is 77.0 Å². The fourth-order valence-electron chi connectivity index (χ4n) is 2.95. The van der Waals surface area contributed by atoms with E-state index in [9.17, 15) is 14.7 Å². The highest BCUT2D eigenvalue weighted by molar-refractivity contribution is 5.98. The SMILES string of the molecule is CCc1cccc(C)c1NC(=O)COC(=O)c1ccccc1N=Nc1ccc(O)cc1. The fourth-order valence-corrected chi connectivity index (χ4v) is 2.95. The summed E-state index contributed by atoms with van der Waals surface area (Å²) in [6.07, 6.45) is 0.774. The number of carbonyl (C=O) groups is 2. The Morgan fingerprint density at radius 3 is 2.45 bits per heavy atom. The van der Waals surface area contributed by atoms with E-state index in [1.54, 1.807) is 36.4 Å². The lowest BCUT2D eigenvalue weighted by Crippen LogP contribution is -2.22. The number of esters is 1. The summed E-state index contributed by atoms with van der Waals surface area (Å²) in [4.78, 5) is 24.9. The van der Waals surface area contributed by atoms with Gasteiger partial charge >= 0.3 is 5.97 Å². The second kappa shape index (κ2) is 10.2. The first-order valence-electron chi connectivity index (χ1n) is 9.83. The Morgan fingerprint density at radius 1 is 0.968 bits per heavy atom. The number of amides is 1. The number of para-hydroxylation sites is 1. The summed E-state index contributed by atoms with van der Waals surface area (Å²) in [5.74, 6) is -0.964. The molecule has 0 fully saturated rings. The maximum Gasteiger partial charge on any atom is 0.340 e. The smallest absolute Gasteiger partial charge is 0.340 e. The topological polar surface area (TPSA) is 100 Å². The average molecular weight is 417 g/mol. The van der Waals surface area contributed by atoms with Crippen LogP contribution in [0.4, 0.5) is 17.1 Å². The summed E-state index contributed by atoms with van der Waals surface area (Å²) < 4.78 is 5.20. The second-order valence-electron chi connectivity index (χ2n) is 6.82. The van der Waals surface area contributed by atoms with E-state index in [1.165, 1.54) is 12.1 Å². The Bertz CT molecular complexity index is 1110. The molecule has 0 aromatic heterocycles. The number of anilines is 1. The highest BCUT2D eigenvalue weighted by Crippen LogP contribution is 2.24. The molecule has 1 amide bonds. The van der Waals surface area contributed by atoms with Crippen molar-refractivity contribution in [2.75, 3.05) is 11.9 Å². The number of azo groups is 1. The molecule has 0 saturated heterocycles. The zero-order valence-corrected chi connectivity index (χ0v) is 17.3. The number of ether oxygens (including phenoxy) is 1. The molecule has 3 aromatic rings. The first-order chi connectivity index (χ1) is 15.0. The predicted molar refractivity (Wildman–Crippen MR) is 118 cm³/mol. The number of hydrogen-bond acceptors (Lipinski definition) is 6. The van der Waals surface area contributed by atoms with E-state index >= 15 is 0 Å². The highest BCUT2D eigenvalue weighted by Gasteiger charge is 2.15. The number of rotatable bonds is 7. The molecule has 31 heavy (non-hydrogen) atoms. The van der Waals surface area contributed by atoms with Crippen molar-refractivity contribution in [3.63, 3.8) is 0 Å². The van der Waals surface area contributed by atoms with Gasteiger partial charge in [0.05, 0.1) is 11.3 Å². The lowest BCUT2D eigenvalue weighted by molar-refractivity contribution is -0.119. The minimum absolute atomic E-state index is 0.123. The van der Waals surface area contributed by atoms with Crippen molar-refractivity contribution in [3.8, 4) is 5.75 Å². The third-order valence-electron chi connectivity index (χ3n) is 4.59. The molecule has 0 atom stereocenters. The maximum atomic E-state index is 12.5. The number of benzene rings is 3. The number of nitrogens with zero attached hydrogens (tertiary/aromatic N) is 2. The van der Waals surface area contributed by atoms with Crippen LogP contribution in [0.3, 0.4) is 0 Å². The summed E-state index contributed by atoms with van der Waals surface area (Å²) in [6, 6.07) is 18.6. The molecule has 2 N–H and O–H groups in total. The lowest BCUT2D eigenvalue weighted by Gasteiger charge is -2.13. The number of phenolic OH excluding ortho intramolecular Hbond substituents is 1. The van der Waals surface area contributed by atoms with Crippen LogP contribution in [0.1, 0.15) is 28.4 Å². The summed E-state index contributed by atoms with van der Waals surface area (Å²) >= 11 is 0. The molecule has 0 heterocycles. The molecule has 7 heteroatoms. The van der Waals surface area contributed by atoms with Crippen LogP contribution in [0.25, 0.3) is 0 Å². The largest absolute Gasteiger partial charge is 0.508 e. The van der Waals surface area contributed by atoms with E-state index in [0.717, 1.165) is 23.2 Å². The maximum absolute atomic E-state index is 12.5. The summed E-state index contributed by atoms with van der Waals surface area (Å²) in [6.45, 7) is 3.50.